The van der Waals surface area contributed by atoms with Crippen LogP contribution in [-0.2, 0) is 9.59 Å². The van der Waals surface area contributed by atoms with Crippen LogP contribution in [0.5, 0.6) is 0 Å². The Balaban J connectivity index is 1.34. The van der Waals surface area contributed by atoms with E-state index in [1.54, 1.807) is 36.4 Å². The molecular weight excluding hydrogens is 385 g/mol. The molecule has 2 amide bonds. The summed E-state index contributed by atoms with van der Waals surface area (Å²) in [7, 11) is 0. The molecular formula is C22H26FN5O2. The number of benzene rings is 1. The lowest BCUT2D eigenvalue weighted by Crippen LogP contribution is -2.50. The lowest BCUT2D eigenvalue weighted by Gasteiger charge is -2.33. The summed E-state index contributed by atoms with van der Waals surface area (Å²) in [5, 5.41) is 2.79. The first kappa shape index (κ1) is 20.4. The first-order chi connectivity index (χ1) is 14.5. The van der Waals surface area contributed by atoms with E-state index in [2.05, 4.69) is 21.2 Å². The summed E-state index contributed by atoms with van der Waals surface area (Å²) in [6.07, 6.45) is 5.58. The molecule has 0 saturated carbocycles. The number of amides is 2. The maximum absolute atomic E-state index is 13.7. The average Bonchev–Trinajstić information content (AvgIpc) is 3.27. The Morgan fingerprint density at radius 3 is 2.77 bits per heavy atom. The molecule has 3 N–H and O–H groups in total. The summed E-state index contributed by atoms with van der Waals surface area (Å²) < 4.78 is 13.7. The van der Waals surface area contributed by atoms with Gasteiger partial charge in [-0.2, -0.15) is 0 Å². The average molecular weight is 411 g/mol. The normalized spacial score (nSPS) is 23.9. The van der Waals surface area contributed by atoms with Crippen LogP contribution in [0.4, 0.5) is 10.1 Å². The summed E-state index contributed by atoms with van der Waals surface area (Å²) >= 11 is 0. The number of hydrazine groups is 1. The van der Waals surface area contributed by atoms with Gasteiger partial charge in [0.15, 0.2) is 0 Å². The molecule has 1 aromatic carbocycles. The first-order valence-corrected chi connectivity index (χ1v) is 10.3. The zero-order valence-electron chi connectivity index (χ0n) is 16.9. The van der Waals surface area contributed by atoms with Crippen LogP contribution < -0.4 is 16.2 Å². The third-order valence-corrected chi connectivity index (χ3v) is 5.85. The van der Waals surface area contributed by atoms with Gasteiger partial charge in [0.1, 0.15) is 11.9 Å². The highest BCUT2D eigenvalue weighted by Gasteiger charge is 2.36. The number of aryl methyl sites for hydroxylation is 1. The van der Waals surface area contributed by atoms with Crippen molar-refractivity contribution in [2.24, 2.45) is 5.92 Å². The van der Waals surface area contributed by atoms with Gasteiger partial charge in [-0.05, 0) is 61.6 Å². The number of carbonyl (C=O) groups is 2. The highest BCUT2D eigenvalue weighted by Crippen LogP contribution is 2.25. The van der Waals surface area contributed by atoms with E-state index in [-0.39, 0.29) is 35.6 Å². The Kier molecular flexibility index (Phi) is 6.06. The van der Waals surface area contributed by atoms with Crippen LogP contribution in [-0.4, -0.2) is 40.8 Å². The van der Waals surface area contributed by atoms with Crippen molar-refractivity contribution in [2.45, 2.75) is 38.3 Å². The van der Waals surface area contributed by atoms with Crippen LogP contribution in [0.25, 0.3) is 0 Å². The second-order valence-electron chi connectivity index (χ2n) is 7.99. The molecule has 2 saturated heterocycles. The predicted octanol–water partition coefficient (Wildman–Crippen LogP) is 2.31. The number of nitrogens with one attached hydrogen (secondary N) is 3. The Morgan fingerprint density at radius 1 is 1.20 bits per heavy atom. The SMILES string of the molecule is Cc1ccc(NC(=O)C2CCCN(C(=O)C3CC(c4ccncc4)NN3)C2)cc1F. The van der Waals surface area contributed by atoms with Gasteiger partial charge < -0.3 is 10.2 Å². The van der Waals surface area contributed by atoms with Crippen molar-refractivity contribution in [2.75, 3.05) is 18.4 Å². The molecule has 0 bridgehead atoms. The van der Waals surface area contributed by atoms with Gasteiger partial charge in [-0.25, -0.2) is 15.2 Å². The quantitative estimate of drug-likeness (QED) is 0.719. The number of hydrogen-bond donors (Lipinski definition) is 3. The zero-order valence-corrected chi connectivity index (χ0v) is 16.9. The molecule has 2 fully saturated rings. The molecule has 30 heavy (non-hydrogen) atoms. The van der Waals surface area contributed by atoms with Gasteiger partial charge in [-0.15, -0.1) is 0 Å². The molecule has 8 heteroatoms. The Labute approximate surface area is 175 Å². The molecule has 1 aromatic heterocycles. The van der Waals surface area contributed by atoms with Crippen LogP contribution in [0, 0.1) is 18.7 Å². The smallest absolute Gasteiger partial charge is 0.241 e. The molecule has 3 unspecified atom stereocenters. The summed E-state index contributed by atoms with van der Waals surface area (Å²) in [6.45, 7) is 2.69. The monoisotopic (exact) mass is 411 g/mol. The van der Waals surface area contributed by atoms with E-state index in [0.29, 0.717) is 37.2 Å². The maximum atomic E-state index is 13.7. The molecule has 7 nitrogen and oxygen atoms in total. The molecule has 158 valence electrons. The topological polar surface area (TPSA) is 86.4 Å². The van der Waals surface area contributed by atoms with Crippen molar-refractivity contribution in [3.05, 3.63) is 59.7 Å². The highest BCUT2D eigenvalue weighted by molar-refractivity contribution is 5.93. The van der Waals surface area contributed by atoms with Gasteiger partial charge in [-0.1, -0.05) is 6.07 Å². The maximum Gasteiger partial charge on any atom is 0.241 e. The van der Waals surface area contributed by atoms with Gasteiger partial charge in [0.05, 0.1) is 5.92 Å². The number of anilines is 1. The van der Waals surface area contributed by atoms with Crippen molar-refractivity contribution in [1.29, 1.82) is 0 Å². The minimum absolute atomic E-state index is 0.00191. The van der Waals surface area contributed by atoms with E-state index >= 15 is 0 Å². The van der Waals surface area contributed by atoms with Gasteiger partial charge >= 0.3 is 0 Å². The molecule has 3 atom stereocenters. The van der Waals surface area contributed by atoms with E-state index in [0.717, 1.165) is 12.0 Å². The van der Waals surface area contributed by atoms with Crippen molar-refractivity contribution in [3.63, 3.8) is 0 Å². The number of carbonyl (C=O) groups excluding carboxylic acids is 2. The van der Waals surface area contributed by atoms with Gasteiger partial charge in [0, 0.05) is 37.2 Å². The van der Waals surface area contributed by atoms with Crippen molar-refractivity contribution >= 4 is 17.5 Å². The van der Waals surface area contributed by atoms with E-state index < -0.39 is 0 Å². The number of hydrogen-bond acceptors (Lipinski definition) is 5. The third kappa shape index (κ3) is 4.49. The molecule has 0 radical (unpaired) electrons. The predicted molar refractivity (Wildman–Crippen MR) is 111 cm³/mol. The standard InChI is InChI=1S/C22H26FN5O2/c1-14-4-5-17(11-18(14)23)25-21(29)16-3-2-10-28(13-16)22(30)20-12-19(26-27-20)15-6-8-24-9-7-15/h4-9,11,16,19-20,26-27H,2-3,10,12-13H2,1H3,(H,25,29). The van der Waals surface area contributed by atoms with Crippen LogP contribution in [0.3, 0.4) is 0 Å². The Morgan fingerprint density at radius 2 is 2.00 bits per heavy atom. The van der Waals surface area contributed by atoms with E-state index in [4.69, 9.17) is 0 Å². The summed E-state index contributed by atoms with van der Waals surface area (Å²) in [5.74, 6) is -0.838. The molecule has 4 rings (SSSR count). The summed E-state index contributed by atoms with van der Waals surface area (Å²) in [5.41, 5.74) is 8.32. The number of rotatable bonds is 4. The largest absolute Gasteiger partial charge is 0.341 e. The van der Waals surface area contributed by atoms with Crippen LogP contribution in [0.15, 0.2) is 42.7 Å². The van der Waals surface area contributed by atoms with E-state index in [1.807, 2.05) is 12.1 Å². The minimum atomic E-state index is -0.350. The third-order valence-electron chi connectivity index (χ3n) is 5.85. The molecule has 2 aliphatic rings. The fraction of sp³-hybridized carbons (Fsp3) is 0.409. The number of halogens is 1. The Bertz CT molecular complexity index is 923. The molecule has 0 spiro atoms. The van der Waals surface area contributed by atoms with Gasteiger partial charge in [-0.3, -0.25) is 14.6 Å². The fourth-order valence-corrected chi connectivity index (χ4v) is 4.06. The summed E-state index contributed by atoms with van der Waals surface area (Å²) in [6, 6.07) is 8.22. The first-order valence-electron chi connectivity index (χ1n) is 10.3. The van der Waals surface area contributed by atoms with Crippen LogP contribution in [0.1, 0.15) is 36.4 Å². The molecule has 2 aliphatic heterocycles. The number of piperidine rings is 1. The van der Waals surface area contributed by atoms with Crippen molar-refractivity contribution < 1.29 is 14.0 Å². The van der Waals surface area contributed by atoms with Gasteiger partial charge in [0.25, 0.3) is 0 Å². The molecule has 3 heterocycles. The molecule has 2 aromatic rings. The second kappa shape index (κ2) is 8.89. The highest BCUT2D eigenvalue weighted by atomic mass is 19.1. The number of aromatic nitrogens is 1. The number of nitrogens with zero attached hydrogens (tertiary/aromatic N) is 2. The number of pyridine rings is 1. The Hall–Kier alpha value is -2.84. The second-order valence-corrected chi connectivity index (χ2v) is 7.99. The van der Waals surface area contributed by atoms with Crippen LogP contribution in [0.2, 0.25) is 0 Å². The van der Waals surface area contributed by atoms with E-state index in [1.165, 1.54) is 6.07 Å². The summed E-state index contributed by atoms with van der Waals surface area (Å²) in [4.78, 5) is 31.5. The number of likely N-dealkylation sites (tertiary alicyclic amines) is 1. The van der Waals surface area contributed by atoms with Crippen molar-refractivity contribution in [1.82, 2.24) is 20.7 Å². The van der Waals surface area contributed by atoms with Crippen LogP contribution >= 0.6 is 0 Å². The fourth-order valence-electron chi connectivity index (χ4n) is 4.06. The zero-order chi connectivity index (χ0) is 21.1. The van der Waals surface area contributed by atoms with Gasteiger partial charge in [0.2, 0.25) is 11.8 Å². The minimum Gasteiger partial charge on any atom is -0.341 e. The molecule has 0 aliphatic carbocycles. The van der Waals surface area contributed by atoms with Crippen molar-refractivity contribution in [3.8, 4) is 0 Å². The van der Waals surface area contributed by atoms with E-state index in [9.17, 15) is 14.0 Å². The lowest BCUT2D eigenvalue weighted by atomic mass is 9.95. The lowest BCUT2D eigenvalue weighted by molar-refractivity contribution is -0.136.